The Bertz CT molecular complexity index is 913. The Labute approximate surface area is 165 Å². The van der Waals surface area contributed by atoms with Gasteiger partial charge in [0.2, 0.25) is 10.0 Å². The van der Waals surface area contributed by atoms with Crippen molar-refractivity contribution in [2.24, 2.45) is 0 Å². The van der Waals surface area contributed by atoms with Crippen molar-refractivity contribution in [1.29, 1.82) is 0 Å². The van der Waals surface area contributed by atoms with E-state index in [-0.39, 0.29) is 10.8 Å². The van der Waals surface area contributed by atoms with Crippen LogP contribution in [0.25, 0.3) is 0 Å². The average molecular weight is 407 g/mol. The van der Waals surface area contributed by atoms with Crippen molar-refractivity contribution in [2.75, 3.05) is 39.8 Å². The lowest BCUT2D eigenvalue weighted by atomic mass is 10.2. The van der Waals surface area contributed by atoms with Gasteiger partial charge in [0.05, 0.1) is 31.1 Å². The van der Waals surface area contributed by atoms with Crippen molar-refractivity contribution in [3.8, 4) is 0 Å². The van der Waals surface area contributed by atoms with E-state index in [0.29, 0.717) is 39.3 Å². The molecule has 1 aliphatic rings. The molecule has 1 fully saturated rings. The van der Waals surface area contributed by atoms with Crippen LogP contribution in [0.2, 0.25) is 0 Å². The largest absolute Gasteiger partial charge is 0.337 e. The van der Waals surface area contributed by atoms with Gasteiger partial charge in [-0.2, -0.15) is 4.31 Å². The monoisotopic (exact) mass is 406 g/mol. The first-order chi connectivity index (χ1) is 13.4. The molecule has 0 atom stereocenters. The summed E-state index contributed by atoms with van der Waals surface area (Å²) in [6.07, 6.45) is 0. The molecule has 0 saturated carbocycles. The van der Waals surface area contributed by atoms with E-state index in [2.05, 4.69) is 0 Å². The average Bonchev–Trinajstić information content (AvgIpc) is 2.69. The Kier molecular flexibility index (Phi) is 6.43. The number of quaternary nitrogens is 1. The van der Waals surface area contributed by atoms with Gasteiger partial charge in [-0.3, -0.25) is 4.79 Å². The van der Waals surface area contributed by atoms with Crippen LogP contribution in [-0.2, 0) is 21.4 Å². The first kappa shape index (κ1) is 20.4. The molecule has 1 amide bonds. The lowest BCUT2D eigenvalue weighted by Crippen LogP contribution is -3.15. The van der Waals surface area contributed by atoms with Crippen molar-refractivity contribution in [3.63, 3.8) is 0 Å². The zero-order valence-electron chi connectivity index (χ0n) is 15.8. The maximum absolute atomic E-state index is 13.4. The molecule has 150 valence electrons. The summed E-state index contributed by atoms with van der Waals surface area (Å²) in [5.74, 6) is -0.544. The highest BCUT2D eigenvalue weighted by atomic mass is 32.2. The van der Waals surface area contributed by atoms with Crippen LogP contribution in [0, 0.1) is 5.82 Å². The molecule has 2 aromatic rings. The van der Waals surface area contributed by atoms with E-state index in [1.54, 1.807) is 11.9 Å². The van der Waals surface area contributed by atoms with Gasteiger partial charge >= 0.3 is 0 Å². The van der Waals surface area contributed by atoms with E-state index in [1.807, 2.05) is 30.3 Å². The topological polar surface area (TPSA) is 62.1 Å². The molecule has 28 heavy (non-hydrogen) atoms. The van der Waals surface area contributed by atoms with Gasteiger partial charge in [0, 0.05) is 13.6 Å². The molecule has 0 aliphatic carbocycles. The van der Waals surface area contributed by atoms with Gasteiger partial charge in [-0.1, -0.05) is 36.4 Å². The number of amides is 1. The summed E-state index contributed by atoms with van der Waals surface area (Å²) in [4.78, 5) is 15.2. The number of likely N-dealkylation sites (N-methyl/N-ethyl adjacent to an activating group) is 1. The van der Waals surface area contributed by atoms with Crippen molar-refractivity contribution >= 4 is 15.9 Å². The van der Waals surface area contributed by atoms with Crippen molar-refractivity contribution < 1.29 is 22.5 Å². The van der Waals surface area contributed by atoms with E-state index < -0.39 is 15.8 Å². The second-order valence-electron chi connectivity index (χ2n) is 7.02. The van der Waals surface area contributed by atoms with Gasteiger partial charge in [0.15, 0.2) is 6.54 Å². The van der Waals surface area contributed by atoms with Gasteiger partial charge in [-0.15, -0.1) is 0 Å². The summed E-state index contributed by atoms with van der Waals surface area (Å²) in [7, 11) is -1.93. The zero-order valence-corrected chi connectivity index (χ0v) is 16.7. The molecule has 1 heterocycles. The van der Waals surface area contributed by atoms with E-state index in [4.69, 9.17) is 0 Å². The summed E-state index contributed by atoms with van der Waals surface area (Å²) < 4.78 is 40.0. The maximum atomic E-state index is 13.4. The van der Waals surface area contributed by atoms with Crippen molar-refractivity contribution in [3.05, 3.63) is 66.0 Å². The number of sulfonamides is 1. The van der Waals surface area contributed by atoms with E-state index in [9.17, 15) is 17.6 Å². The van der Waals surface area contributed by atoms with Crippen LogP contribution in [0.3, 0.4) is 0 Å². The minimum atomic E-state index is -3.71. The molecule has 0 unspecified atom stereocenters. The number of piperazine rings is 1. The third-order valence-electron chi connectivity index (χ3n) is 4.95. The van der Waals surface area contributed by atoms with Crippen LogP contribution in [0.1, 0.15) is 5.56 Å². The van der Waals surface area contributed by atoms with Gasteiger partial charge in [-0.05, 0) is 23.8 Å². The Balaban J connectivity index is 1.53. The first-order valence-corrected chi connectivity index (χ1v) is 10.7. The summed E-state index contributed by atoms with van der Waals surface area (Å²) in [5, 5.41) is 0. The van der Waals surface area contributed by atoms with Gasteiger partial charge in [-0.25, -0.2) is 12.8 Å². The highest BCUT2D eigenvalue weighted by Gasteiger charge is 2.31. The van der Waals surface area contributed by atoms with Crippen LogP contribution in [-0.4, -0.2) is 63.3 Å². The molecule has 1 aliphatic heterocycles. The van der Waals surface area contributed by atoms with Crippen LogP contribution in [0.4, 0.5) is 4.39 Å². The number of nitrogens with zero attached hydrogens (tertiary/aromatic N) is 2. The number of hydrogen-bond donors (Lipinski definition) is 1. The van der Waals surface area contributed by atoms with Crippen LogP contribution in [0.5, 0.6) is 0 Å². The molecule has 1 N–H and O–H groups in total. The molecule has 2 aromatic carbocycles. The smallest absolute Gasteiger partial charge is 0.277 e. The number of carbonyl (C=O) groups excluding carboxylic acids is 1. The summed E-state index contributed by atoms with van der Waals surface area (Å²) >= 11 is 0. The normalized spacial score (nSPS) is 16.1. The van der Waals surface area contributed by atoms with E-state index in [1.165, 1.54) is 22.5 Å². The molecule has 0 radical (unpaired) electrons. The molecular formula is C20H25FN3O3S+. The molecule has 3 rings (SSSR count). The number of hydrogen-bond acceptors (Lipinski definition) is 3. The molecule has 0 spiro atoms. The minimum absolute atomic E-state index is 0.0280. The van der Waals surface area contributed by atoms with Gasteiger partial charge < -0.3 is 9.80 Å². The zero-order chi connectivity index (χ0) is 20.1. The lowest BCUT2D eigenvalue weighted by molar-refractivity contribution is -0.896. The Morgan fingerprint density at radius 3 is 2.43 bits per heavy atom. The molecule has 1 saturated heterocycles. The quantitative estimate of drug-likeness (QED) is 0.754. The predicted octanol–water partition coefficient (Wildman–Crippen LogP) is 0.374. The van der Waals surface area contributed by atoms with Crippen molar-refractivity contribution in [1.82, 2.24) is 9.21 Å². The molecular weight excluding hydrogens is 381 g/mol. The Morgan fingerprint density at radius 2 is 1.79 bits per heavy atom. The third-order valence-corrected chi connectivity index (χ3v) is 6.85. The highest BCUT2D eigenvalue weighted by Crippen LogP contribution is 2.16. The highest BCUT2D eigenvalue weighted by molar-refractivity contribution is 7.89. The fraction of sp³-hybridized carbons (Fsp3) is 0.350. The van der Waals surface area contributed by atoms with E-state index >= 15 is 0 Å². The fourth-order valence-corrected chi connectivity index (χ4v) is 4.76. The SMILES string of the molecule is CN(Cc1ccccc1)C(=O)C[NH+]1CCN(S(=O)(=O)c2cccc(F)c2)CC1. The standard InChI is InChI=1S/C20H24FN3O3S/c1-22(15-17-6-3-2-4-7-17)20(25)16-23-10-12-24(13-11-23)28(26,27)19-9-5-8-18(21)14-19/h2-9,14H,10-13,15-16H2,1H3/p+1. The second kappa shape index (κ2) is 8.81. The number of rotatable bonds is 6. The number of halogens is 1. The first-order valence-electron chi connectivity index (χ1n) is 9.23. The molecule has 8 heteroatoms. The second-order valence-corrected chi connectivity index (χ2v) is 8.96. The maximum Gasteiger partial charge on any atom is 0.277 e. The minimum Gasteiger partial charge on any atom is -0.337 e. The summed E-state index contributed by atoms with van der Waals surface area (Å²) in [6, 6.07) is 14.8. The van der Waals surface area contributed by atoms with Gasteiger partial charge in [0.25, 0.3) is 5.91 Å². The summed E-state index contributed by atoms with van der Waals surface area (Å²) in [5.41, 5.74) is 1.07. The Hall–Kier alpha value is -2.29. The van der Waals surface area contributed by atoms with Crippen molar-refractivity contribution in [2.45, 2.75) is 11.4 Å². The van der Waals surface area contributed by atoms with Crippen LogP contribution >= 0.6 is 0 Å². The Morgan fingerprint density at radius 1 is 1.11 bits per heavy atom. The van der Waals surface area contributed by atoms with Crippen LogP contribution < -0.4 is 4.90 Å². The number of carbonyl (C=O) groups is 1. The fourth-order valence-electron chi connectivity index (χ4n) is 3.29. The van der Waals surface area contributed by atoms with E-state index in [0.717, 1.165) is 16.5 Å². The van der Waals surface area contributed by atoms with Crippen LogP contribution in [0.15, 0.2) is 59.5 Å². The predicted molar refractivity (Wildman–Crippen MR) is 104 cm³/mol. The summed E-state index contributed by atoms with van der Waals surface area (Å²) in [6.45, 7) is 2.58. The van der Waals surface area contributed by atoms with Gasteiger partial charge in [0.1, 0.15) is 5.82 Å². The number of benzene rings is 2. The third kappa shape index (κ3) is 4.95. The molecule has 0 aromatic heterocycles. The molecule has 0 bridgehead atoms. The molecule has 6 nitrogen and oxygen atoms in total. The lowest BCUT2D eigenvalue weighted by Gasteiger charge is -2.32. The number of nitrogens with one attached hydrogen (secondary N) is 1.